The van der Waals surface area contributed by atoms with E-state index in [1.807, 2.05) is 0 Å². The Hall–Kier alpha value is -1.94. The number of carbonyl (C=O) groups excluding carboxylic acids is 1. The maximum atomic E-state index is 11.6. The molecule has 0 aliphatic carbocycles. The van der Waals surface area contributed by atoms with Crippen molar-refractivity contribution in [1.82, 2.24) is 0 Å². The maximum absolute atomic E-state index is 11.6. The van der Waals surface area contributed by atoms with Crippen molar-refractivity contribution in [2.75, 3.05) is 19.2 Å². The summed E-state index contributed by atoms with van der Waals surface area (Å²) < 4.78 is 9.82. The molecule has 0 fully saturated rings. The van der Waals surface area contributed by atoms with E-state index in [0.29, 0.717) is 12.3 Å². The van der Waals surface area contributed by atoms with Crippen molar-refractivity contribution in [3.63, 3.8) is 0 Å². The van der Waals surface area contributed by atoms with Crippen molar-refractivity contribution in [2.45, 2.75) is 19.1 Å². The summed E-state index contributed by atoms with van der Waals surface area (Å²) in [7, 11) is 0. The third kappa shape index (κ3) is 10.0. The van der Waals surface area contributed by atoms with Crippen molar-refractivity contribution in [2.24, 2.45) is 33.1 Å². The number of hydrogen-bond donors (Lipinski definition) is 4. The second kappa shape index (κ2) is 10.9. The van der Waals surface area contributed by atoms with Crippen LogP contribution in [-0.4, -0.2) is 43.4 Å². The minimum atomic E-state index is -1.42. The topological polar surface area (TPSA) is 174 Å². The minimum Gasteiger partial charge on any atom is -0.438 e. The number of ether oxygens (including phenoxy) is 2. The molecule has 0 bridgehead atoms. The van der Waals surface area contributed by atoms with Gasteiger partial charge in [-0.15, -0.1) is 11.6 Å². The van der Waals surface area contributed by atoms with Gasteiger partial charge in [0.2, 0.25) is 5.96 Å². The Kier molecular flexibility index (Phi) is 9.87. The smallest absolute Gasteiger partial charge is 0.380 e. The van der Waals surface area contributed by atoms with Gasteiger partial charge in [-0.3, -0.25) is 0 Å². The Morgan fingerprint density at radius 1 is 1.15 bits per heavy atom. The van der Waals surface area contributed by atoms with Crippen LogP contribution >= 0.6 is 11.6 Å². The van der Waals surface area contributed by atoms with Gasteiger partial charge in [0.1, 0.15) is 0 Å². The van der Waals surface area contributed by atoms with Gasteiger partial charge in [-0.2, -0.15) is 0 Å². The standard InChI is InChI=1S/C9H19ClN6O4/c10-3-1-2-4-18-7(20-16-9(13)14)6(17)19-5-15-8(11)12/h7H,1-5H2,(H4,11,12,15)(H4,13,14,16). The highest BCUT2D eigenvalue weighted by Crippen LogP contribution is 2.02. The maximum Gasteiger partial charge on any atom is 0.380 e. The Morgan fingerprint density at radius 3 is 2.40 bits per heavy atom. The largest absolute Gasteiger partial charge is 0.438 e. The molecule has 116 valence electrons. The number of carbonyl (C=O) groups is 1. The first-order chi connectivity index (χ1) is 9.47. The number of nitrogens with two attached hydrogens (primary N) is 4. The van der Waals surface area contributed by atoms with Crippen LogP contribution in [0.25, 0.3) is 0 Å². The van der Waals surface area contributed by atoms with Gasteiger partial charge in [0.05, 0.1) is 6.61 Å². The number of guanidine groups is 2. The lowest BCUT2D eigenvalue weighted by molar-refractivity contribution is -0.195. The summed E-state index contributed by atoms with van der Waals surface area (Å²) in [6.45, 7) is -0.150. The van der Waals surface area contributed by atoms with E-state index in [9.17, 15) is 4.79 Å². The Labute approximate surface area is 121 Å². The Morgan fingerprint density at radius 2 is 1.85 bits per heavy atom. The van der Waals surface area contributed by atoms with E-state index in [-0.39, 0.29) is 25.3 Å². The molecule has 1 unspecified atom stereocenters. The fourth-order valence-electron chi connectivity index (χ4n) is 0.876. The number of aliphatic imine (C=N–C) groups is 1. The lowest BCUT2D eigenvalue weighted by Gasteiger charge is -2.14. The first-order valence-electron chi connectivity index (χ1n) is 5.61. The lowest BCUT2D eigenvalue weighted by atomic mass is 10.4. The van der Waals surface area contributed by atoms with E-state index in [2.05, 4.69) is 10.1 Å². The normalized spacial score (nSPS) is 11.2. The number of hydrogen-bond acceptors (Lipinski definition) is 6. The number of esters is 1. The summed E-state index contributed by atoms with van der Waals surface area (Å²) in [4.78, 5) is 19.8. The zero-order valence-corrected chi connectivity index (χ0v) is 11.6. The third-order valence-electron chi connectivity index (χ3n) is 1.70. The quantitative estimate of drug-likeness (QED) is 0.0704. The van der Waals surface area contributed by atoms with Gasteiger partial charge in [-0.05, 0) is 18.0 Å². The predicted molar refractivity (Wildman–Crippen MR) is 73.4 cm³/mol. The molecule has 0 radical (unpaired) electrons. The number of nitrogens with zero attached hydrogens (tertiary/aromatic N) is 2. The van der Waals surface area contributed by atoms with E-state index < -0.39 is 12.3 Å². The molecular formula is C9H19ClN6O4. The van der Waals surface area contributed by atoms with Crippen molar-refractivity contribution in [3.8, 4) is 0 Å². The van der Waals surface area contributed by atoms with E-state index in [0.717, 1.165) is 6.42 Å². The molecule has 0 heterocycles. The van der Waals surface area contributed by atoms with E-state index in [1.165, 1.54) is 0 Å². The van der Waals surface area contributed by atoms with Crippen LogP contribution < -0.4 is 22.9 Å². The van der Waals surface area contributed by atoms with Gasteiger partial charge >= 0.3 is 12.3 Å². The number of rotatable bonds is 10. The zero-order chi connectivity index (χ0) is 15.4. The van der Waals surface area contributed by atoms with Crippen LogP contribution in [0.2, 0.25) is 0 Å². The molecule has 10 nitrogen and oxygen atoms in total. The summed E-state index contributed by atoms with van der Waals surface area (Å²) in [6.07, 6.45) is -0.0620. The molecule has 11 heteroatoms. The van der Waals surface area contributed by atoms with Crippen molar-refractivity contribution < 1.29 is 19.1 Å². The monoisotopic (exact) mass is 310 g/mol. The highest BCUT2D eigenvalue weighted by atomic mass is 35.5. The average Bonchev–Trinajstić information content (AvgIpc) is 2.37. The van der Waals surface area contributed by atoms with Gasteiger partial charge in [0.15, 0.2) is 12.7 Å². The predicted octanol–water partition coefficient (Wildman–Crippen LogP) is -1.67. The molecule has 0 spiro atoms. The van der Waals surface area contributed by atoms with Crippen LogP contribution in [-0.2, 0) is 19.1 Å². The van der Waals surface area contributed by atoms with Crippen LogP contribution in [0.1, 0.15) is 12.8 Å². The van der Waals surface area contributed by atoms with Crippen molar-refractivity contribution >= 4 is 29.5 Å². The van der Waals surface area contributed by atoms with Crippen LogP contribution in [0.3, 0.4) is 0 Å². The molecule has 0 saturated carbocycles. The average molecular weight is 311 g/mol. The first kappa shape index (κ1) is 18.1. The molecular weight excluding hydrogens is 292 g/mol. The van der Waals surface area contributed by atoms with Crippen molar-refractivity contribution in [3.05, 3.63) is 0 Å². The molecule has 0 aromatic carbocycles. The van der Waals surface area contributed by atoms with Gasteiger partial charge < -0.3 is 37.2 Å². The molecule has 0 aromatic heterocycles. The van der Waals surface area contributed by atoms with Gasteiger partial charge in [-0.1, -0.05) is 0 Å². The number of oxime groups is 1. The van der Waals surface area contributed by atoms with Gasteiger partial charge in [0, 0.05) is 5.88 Å². The van der Waals surface area contributed by atoms with Crippen molar-refractivity contribution in [1.29, 1.82) is 0 Å². The second-order valence-corrected chi connectivity index (χ2v) is 3.77. The van der Waals surface area contributed by atoms with Crippen LogP contribution in [0.5, 0.6) is 0 Å². The highest BCUT2D eigenvalue weighted by molar-refractivity contribution is 6.17. The Bertz CT molecular complexity index is 343. The molecule has 0 amide bonds. The molecule has 0 aliphatic heterocycles. The summed E-state index contributed by atoms with van der Waals surface area (Å²) in [6, 6.07) is 0. The number of unbranched alkanes of at least 4 members (excludes halogenated alkanes) is 1. The van der Waals surface area contributed by atoms with Gasteiger partial charge in [0.25, 0.3) is 0 Å². The molecule has 20 heavy (non-hydrogen) atoms. The number of halogens is 1. The van der Waals surface area contributed by atoms with E-state index in [4.69, 9.17) is 48.8 Å². The van der Waals surface area contributed by atoms with E-state index in [1.54, 1.807) is 0 Å². The van der Waals surface area contributed by atoms with E-state index >= 15 is 0 Å². The summed E-state index contributed by atoms with van der Waals surface area (Å²) in [5.74, 6) is -0.970. The molecule has 0 aromatic rings. The summed E-state index contributed by atoms with van der Waals surface area (Å²) in [5, 5.41) is 3.22. The lowest BCUT2D eigenvalue weighted by Crippen LogP contribution is -2.31. The molecule has 8 N–H and O–H groups in total. The Balaban J connectivity index is 4.30. The van der Waals surface area contributed by atoms with Crippen LogP contribution in [0, 0.1) is 0 Å². The molecule has 0 rings (SSSR count). The van der Waals surface area contributed by atoms with Crippen LogP contribution in [0.4, 0.5) is 0 Å². The van der Waals surface area contributed by atoms with Gasteiger partial charge in [-0.25, -0.2) is 9.79 Å². The second-order valence-electron chi connectivity index (χ2n) is 3.40. The minimum absolute atomic E-state index is 0.217. The summed E-state index contributed by atoms with van der Waals surface area (Å²) >= 11 is 5.51. The fourth-order valence-corrected chi connectivity index (χ4v) is 1.06. The highest BCUT2D eigenvalue weighted by Gasteiger charge is 2.23. The first-order valence-corrected chi connectivity index (χ1v) is 6.15. The zero-order valence-electron chi connectivity index (χ0n) is 10.8. The molecule has 0 saturated heterocycles. The van der Waals surface area contributed by atoms with Crippen LogP contribution in [0.15, 0.2) is 10.1 Å². The summed E-state index contributed by atoms with van der Waals surface area (Å²) in [5.41, 5.74) is 20.3. The fraction of sp³-hybridized carbons (Fsp3) is 0.667. The number of alkyl halides is 1. The third-order valence-corrected chi connectivity index (χ3v) is 1.96. The molecule has 1 atom stereocenters. The SMILES string of the molecule is NC(N)=NCOC(=O)C(OCCCCCl)ON=C(N)N. The molecule has 0 aliphatic rings.